The maximum Gasteiger partial charge on any atom is 0.317 e. The van der Waals surface area contributed by atoms with Crippen molar-refractivity contribution in [2.24, 2.45) is 0 Å². The average molecular weight is 292 g/mol. The summed E-state index contributed by atoms with van der Waals surface area (Å²) in [6.07, 6.45) is 1.78. The number of benzene rings is 1. The summed E-state index contributed by atoms with van der Waals surface area (Å²) in [6.45, 7) is 4.05. The molecule has 0 radical (unpaired) electrons. The molecule has 2 amide bonds. The normalized spacial score (nSPS) is 13.3. The van der Waals surface area contributed by atoms with E-state index in [9.17, 15) is 9.59 Å². The Morgan fingerprint density at radius 3 is 2.43 bits per heavy atom. The SMILES string of the molecule is CCCC(C)N(C)C(=O)NC(CC(=O)O)c1ccccc1. The van der Waals surface area contributed by atoms with Gasteiger partial charge in [-0.05, 0) is 18.9 Å². The van der Waals surface area contributed by atoms with Crippen molar-refractivity contribution in [3.8, 4) is 0 Å². The van der Waals surface area contributed by atoms with Crippen LogP contribution in [0.15, 0.2) is 30.3 Å². The fourth-order valence-electron chi connectivity index (χ4n) is 2.17. The molecule has 0 fully saturated rings. The highest BCUT2D eigenvalue weighted by Gasteiger charge is 2.21. The number of hydrogen-bond acceptors (Lipinski definition) is 2. The molecule has 0 aromatic heterocycles. The van der Waals surface area contributed by atoms with Crippen LogP contribution in [-0.2, 0) is 4.79 Å². The zero-order chi connectivity index (χ0) is 15.8. The van der Waals surface area contributed by atoms with E-state index in [0.717, 1.165) is 18.4 Å². The van der Waals surface area contributed by atoms with E-state index in [1.54, 1.807) is 11.9 Å². The molecule has 0 aliphatic carbocycles. The van der Waals surface area contributed by atoms with Crippen molar-refractivity contribution in [2.75, 3.05) is 7.05 Å². The van der Waals surface area contributed by atoms with Crippen LogP contribution in [0.5, 0.6) is 0 Å². The first-order valence-electron chi connectivity index (χ1n) is 7.25. The molecule has 5 nitrogen and oxygen atoms in total. The molecule has 0 bridgehead atoms. The van der Waals surface area contributed by atoms with Gasteiger partial charge in [-0.1, -0.05) is 43.7 Å². The molecule has 0 spiro atoms. The van der Waals surface area contributed by atoms with Crippen molar-refractivity contribution in [1.29, 1.82) is 0 Å². The summed E-state index contributed by atoms with van der Waals surface area (Å²) in [7, 11) is 1.73. The van der Waals surface area contributed by atoms with Crippen LogP contribution in [-0.4, -0.2) is 35.1 Å². The summed E-state index contributed by atoms with van der Waals surface area (Å²) in [5, 5.41) is 11.8. The van der Waals surface area contributed by atoms with E-state index >= 15 is 0 Å². The predicted octanol–water partition coefficient (Wildman–Crippen LogP) is 3.03. The molecule has 2 atom stereocenters. The van der Waals surface area contributed by atoms with E-state index in [1.807, 2.05) is 37.3 Å². The minimum atomic E-state index is -0.937. The second kappa shape index (κ2) is 8.29. The summed E-state index contributed by atoms with van der Waals surface area (Å²) in [4.78, 5) is 24.9. The molecule has 0 aliphatic heterocycles. The second-order valence-electron chi connectivity index (χ2n) is 5.26. The van der Waals surface area contributed by atoms with Crippen molar-refractivity contribution in [3.05, 3.63) is 35.9 Å². The van der Waals surface area contributed by atoms with Gasteiger partial charge < -0.3 is 15.3 Å². The predicted molar refractivity (Wildman–Crippen MR) is 82.1 cm³/mol. The highest BCUT2D eigenvalue weighted by molar-refractivity contribution is 5.76. The lowest BCUT2D eigenvalue weighted by Crippen LogP contribution is -2.44. The Labute approximate surface area is 126 Å². The summed E-state index contributed by atoms with van der Waals surface area (Å²) >= 11 is 0. The van der Waals surface area contributed by atoms with Gasteiger partial charge in [-0.15, -0.1) is 0 Å². The standard InChI is InChI=1S/C16H24N2O3/c1-4-8-12(2)18(3)16(21)17-14(11-15(19)20)13-9-6-5-7-10-13/h5-7,9-10,12,14H,4,8,11H2,1-3H3,(H,17,21)(H,19,20). The van der Waals surface area contributed by atoms with E-state index in [4.69, 9.17) is 5.11 Å². The van der Waals surface area contributed by atoms with E-state index in [2.05, 4.69) is 12.2 Å². The Hall–Kier alpha value is -2.04. The van der Waals surface area contributed by atoms with Gasteiger partial charge >= 0.3 is 12.0 Å². The van der Waals surface area contributed by atoms with Gasteiger partial charge in [0.1, 0.15) is 0 Å². The fraction of sp³-hybridized carbons (Fsp3) is 0.500. The summed E-state index contributed by atoms with van der Waals surface area (Å²) in [6, 6.07) is 8.53. The molecule has 0 heterocycles. The first-order chi connectivity index (χ1) is 9.95. The lowest BCUT2D eigenvalue weighted by molar-refractivity contribution is -0.137. The molecule has 21 heavy (non-hydrogen) atoms. The van der Waals surface area contributed by atoms with Crippen LogP contribution in [0.3, 0.4) is 0 Å². The van der Waals surface area contributed by atoms with E-state index in [1.165, 1.54) is 0 Å². The highest BCUT2D eigenvalue weighted by Crippen LogP contribution is 2.17. The van der Waals surface area contributed by atoms with E-state index < -0.39 is 12.0 Å². The number of carbonyl (C=O) groups is 2. The molecule has 2 N–H and O–H groups in total. The van der Waals surface area contributed by atoms with Gasteiger partial charge in [0.05, 0.1) is 12.5 Å². The molecule has 116 valence electrons. The number of carbonyl (C=O) groups excluding carboxylic acids is 1. The molecule has 0 saturated heterocycles. The van der Waals surface area contributed by atoms with Crippen LogP contribution in [0.25, 0.3) is 0 Å². The lowest BCUT2D eigenvalue weighted by atomic mass is 10.0. The molecule has 1 aromatic carbocycles. The molecule has 0 saturated carbocycles. The molecule has 2 unspecified atom stereocenters. The Morgan fingerprint density at radius 2 is 1.90 bits per heavy atom. The quantitative estimate of drug-likeness (QED) is 0.811. The van der Waals surface area contributed by atoms with E-state index in [0.29, 0.717) is 0 Å². The maximum atomic E-state index is 12.2. The number of hydrogen-bond donors (Lipinski definition) is 2. The number of urea groups is 1. The lowest BCUT2D eigenvalue weighted by Gasteiger charge is -2.27. The zero-order valence-electron chi connectivity index (χ0n) is 12.9. The van der Waals surface area contributed by atoms with Crippen molar-refractivity contribution < 1.29 is 14.7 Å². The van der Waals surface area contributed by atoms with Crippen LogP contribution in [0.4, 0.5) is 4.79 Å². The summed E-state index contributed by atoms with van der Waals surface area (Å²) < 4.78 is 0. The van der Waals surface area contributed by atoms with Gasteiger partial charge in [0.25, 0.3) is 0 Å². The fourth-order valence-corrected chi connectivity index (χ4v) is 2.17. The van der Waals surface area contributed by atoms with Crippen molar-refractivity contribution >= 4 is 12.0 Å². The third-order valence-electron chi connectivity index (χ3n) is 3.57. The van der Waals surface area contributed by atoms with Crippen molar-refractivity contribution in [1.82, 2.24) is 10.2 Å². The van der Waals surface area contributed by atoms with Crippen molar-refractivity contribution in [3.63, 3.8) is 0 Å². The number of rotatable bonds is 7. The Bertz CT molecular complexity index is 462. The van der Waals surface area contributed by atoms with Crippen LogP contribution in [0.1, 0.15) is 44.7 Å². The van der Waals surface area contributed by atoms with Crippen LogP contribution in [0, 0.1) is 0 Å². The number of nitrogens with zero attached hydrogens (tertiary/aromatic N) is 1. The monoisotopic (exact) mass is 292 g/mol. The van der Waals surface area contributed by atoms with Gasteiger partial charge in [0, 0.05) is 13.1 Å². The maximum absolute atomic E-state index is 12.2. The second-order valence-corrected chi connectivity index (χ2v) is 5.26. The minimum Gasteiger partial charge on any atom is -0.481 e. The molecular weight excluding hydrogens is 268 g/mol. The Morgan fingerprint density at radius 1 is 1.29 bits per heavy atom. The largest absolute Gasteiger partial charge is 0.481 e. The minimum absolute atomic E-state index is 0.122. The van der Waals surface area contributed by atoms with Gasteiger partial charge in [-0.25, -0.2) is 4.79 Å². The first kappa shape index (κ1) is 17.0. The van der Waals surface area contributed by atoms with Crippen molar-refractivity contribution in [2.45, 2.75) is 45.2 Å². The molecule has 0 aliphatic rings. The third kappa shape index (κ3) is 5.45. The average Bonchev–Trinajstić information content (AvgIpc) is 2.46. The van der Waals surface area contributed by atoms with Crippen LogP contribution < -0.4 is 5.32 Å². The Kier molecular flexibility index (Phi) is 6.72. The number of carboxylic acid groups (broad SMARTS) is 1. The van der Waals surface area contributed by atoms with E-state index in [-0.39, 0.29) is 18.5 Å². The number of amides is 2. The topological polar surface area (TPSA) is 69.6 Å². The van der Waals surface area contributed by atoms with Gasteiger partial charge in [0.2, 0.25) is 0 Å². The molecule has 1 rings (SSSR count). The molecular formula is C16H24N2O3. The number of nitrogens with one attached hydrogen (secondary N) is 1. The molecule has 5 heteroatoms. The third-order valence-corrected chi connectivity index (χ3v) is 3.57. The summed E-state index contributed by atoms with van der Waals surface area (Å²) in [5.74, 6) is -0.937. The Balaban J connectivity index is 2.77. The first-order valence-corrected chi connectivity index (χ1v) is 7.25. The summed E-state index contributed by atoms with van der Waals surface area (Å²) in [5.41, 5.74) is 0.796. The van der Waals surface area contributed by atoms with Crippen LogP contribution >= 0.6 is 0 Å². The number of aliphatic carboxylic acids is 1. The smallest absolute Gasteiger partial charge is 0.317 e. The van der Waals surface area contributed by atoms with Gasteiger partial charge in [-0.2, -0.15) is 0 Å². The van der Waals surface area contributed by atoms with Gasteiger partial charge in [-0.3, -0.25) is 4.79 Å². The highest BCUT2D eigenvalue weighted by atomic mass is 16.4. The van der Waals surface area contributed by atoms with Gasteiger partial charge in [0.15, 0.2) is 0 Å². The number of carboxylic acids is 1. The molecule has 1 aromatic rings. The zero-order valence-corrected chi connectivity index (χ0v) is 12.9. The van der Waals surface area contributed by atoms with Crippen LogP contribution in [0.2, 0.25) is 0 Å².